The number of hydrogen-bond acceptors (Lipinski definition) is 5. The van der Waals surface area contributed by atoms with Crippen molar-refractivity contribution in [3.8, 4) is 0 Å². The van der Waals surface area contributed by atoms with Crippen LogP contribution in [0.25, 0.3) is 11.2 Å². The van der Waals surface area contributed by atoms with E-state index in [9.17, 15) is 4.79 Å². The van der Waals surface area contributed by atoms with Gasteiger partial charge < -0.3 is 14.6 Å². The Bertz CT molecular complexity index is 1070. The van der Waals surface area contributed by atoms with Gasteiger partial charge in [-0.3, -0.25) is 0 Å². The number of nitrogens with one attached hydrogen (secondary N) is 1. The van der Waals surface area contributed by atoms with Gasteiger partial charge in [-0.25, -0.2) is 14.8 Å². The summed E-state index contributed by atoms with van der Waals surface area (Å²) in [5.74, 6) is 1.21. The van der Waals surface area contributed by atoms with Crippen molar-refractivity contribution in [1.29, 1.82) is 0 Å². The van der Waals surface area contributed by atoms with Crippen LogP contribution in [0.3, 0.4) is 0 Å². The molecule has 1 saturated carbocycles. The van der Waals surface area contributed by atoms with Crippen molar-refractivity contribution < 1.29 is 9.53 Å². The van der Waals surface area contributed by atoms with Crippen molar-refractivity contribution in [3.05, 3.63) is 52.4 Å². The molecule has 1 aliphatic carbocycles. The number of imidazole rings is 1. The van der Waals surface area contributed by atoms with E-state index >= 15 is 0 Å². The topological polar surface area (TPSA) is 69.0 Å². The molecule has 2 aromatic heterocycles. The van der Waals surface area contributed by atoms with E-state index < -0.39 is 5.97 Å². The number of methoxy groups -OCH3 is 1. The van der Waals surface area contributed by atoms with Gasteiger partial charge in [0.15, 0.2) is 11.3 Å². The van der Waals surface area contributed by atoms with Crippen LogP contribution in [0.4, 0.5) is 5.69 Å². The molecular weight excluding hydrogens is 412 g/mol. The molecule has 0 atom stereocenters. The minimum Gasteiger partial charge on any atom is -0.464 e. The zero-order chi connectivity index (χ0) is 21.8. The number of aryl methyl sites for hydroxylation is 1. The predicted octanol–water partition coefficient (Wildman–Crippen LogP) is 5.61. The van der Waals surface area contributed by atoms with Gasteiger partial charge in [0.2, 0.25) is 0 Å². The number of hydrogen-bond donors (Lipinski definition) is 1. The molecule has 1 aromatic carbocycles. The number of nitrogens with zero attached hydrogens (tertiary/aromatic N) is 3. The lowest BCUT2D eigenvalue weighted by Gasteiger charge is -2.21. The molecule has 31 heavy (non-hydrogen) atoms. The van der Waals surface area contributed by atoms with Crippen LogP contribution in [0.15, 0.2) is 30.3 Å². The molecule has 4 rings (SSSR count). The van der Waals surface area contributed by atoms with Crippen LogP contribution in [0.1, 0.15) is 60.4 Å². The second-order valence-corrected chi connectivity index (χ2v) is 8.71. The fraction of sp³-hybridized carbons (Fsp3) is 0.458. The Morgan fingerprint density at radius 3 is 2.74 bits per heavy atom. The third kappa shape index (κ3) is 5.01. The molecular formula is C24H29ClN4O2. The van der Waals surface area contributed by atoms with Crippen molar-refractivity contribution in [1.82, 2.24) is 14.5 Å². The Hall–Kier alpha value is -2.60. The molecule has 0 radical (unpaired) electrons. The largest absolute Gasteiger partial charge is 0.464 e. The molecule has 0 unspecified atom stereocenters. The van der Waals surface area contributed by atoms with Crippen LogP contribution >= 0.6 is 11.6 Å². The lowest BCUT2D eigenvalue weighted by molar-refractivity contribution is 0.0594. The second-order valence-electron chi connectivity index (χ2n) is 8.30. The molecule has 0 saturated heterocycles. The molecule has 0 spiro atoms. The number of esters is 1. The molecule has 3 aromatic rings. The second kappa shape index (κ2) is 9.69. The first kappa shape index (κ1) is 21.6. The number of carbonyl (C=O) groups excluding carboxylic acids is 1. The normalized spacial score (nSPS) is 14.7. The summed E-state index contributed by atoms with van der Waals surface area (Å²) < 4.78 is 6.77. The average molecular weight is 441 g/mol. The number of anilines is 1. The van der Waals surface area contributed by atoms with Gasteiger partial charge in [0.25, 0.3) is 0 Å². The first-order valence-electron chi connectivity index (χ1n) is 11.0. The van der Waals surface area contributed by atoms with Crippen molar-refractivity contribution in [3.63, 3.8) is 0 Å². The maximum Gasteiger partial charge on any atom is 0.356 e. The third-order valence-electron chi connectivity index (χ3n) is 6.17. The highest BCUT2D eigenvalue weighted by atomic mass is 35.5. The number of fused-ring (bicyclic) bond motifs is 1. The molecule has 1 fully saturated rings. The van der Waals surface area contributed by atoms with Gasteiger partial charge in [-0.15, -0.1) is 0 Å². The first-order chi connectivity index (χ1) is 15.0. The highest BCUT2D eigenvalue weighted by Gasteiger charge is 2.16. The molecule has 0 aliphatic heterocycles. The first-order valence-corrected chi connectivity index (χ1v) is 11.4. The summed E-state index contributed by atoms with van der Waals surface area (Å²) in [7, 11) is 1.35. The minimum absolute atomic E-state index is 0.264. The zero-order valence-corrected chi connectivity index (χ0v) is 18.9. The van der Waals surface area contributed by atoms with Crippen molar-refractivity contribution in [2.24, 2.45) is 5.92 Å². The zero-order valence-electron chi connectivity index (χ0n) is 18.2. The number of benzene rings is 1. The van der Waals surface area contributed by atoms with Crippen LogP contribution in [0, 0.1) is 12.8 Å². The predicted molar refractivity (Wildman–Crippen MR) is 124 cm³/mol. The molecule has 164 valence electrons. The minimum atomic E-state index is -0.464. The van der Waals surface area contributed by atoms with E-state index in [1.54, 1.807) is 12.1 Å². The smallest absolute Gasteiger partial charge is 0.356 e. The summed E-state index contributed by atoms with van der Waals surface area (Å²) in [6, 6.07) is 9.52. The summed E-state index contributed by atoms with van der Waals surface area (Å²) in [5.41, 5.74) is 3.67. The molecule has 2 heterocycles. The lowest BCUT2D eigenvalue weighted by atomic mass is 9.87. The number of pyridine rings is 1. The lowest BCUT2D eigenvalue weighted by Crippen LogP contribution is -2.12. The number of rotatable bonds is 7. The van der Waals surface area contributed by atoms with Crippen molar-refractivity contribution in [2.45, 2.75) is 52.0 Å². The van der Waals surface area contributed by atoms with E-state index in [0.717, 1.165) is 35.1 Å². The molecule has 6 nitrogen and oxygen atoms in total. The van der Waals surface area contributed by atoms with Crippen molar-refractivity contribution >= 4 is 34.4 Å². The van der Waals surface area contributed by atoms with Crippen LogP contribution in [-0.2, 0) is 11.3 Å². The Morgan fingerprint density at radius 2 is 2.00 bits per heavy atom. The van der Waals surface area contributed by atoms with Crippen LogP contribution in [0.5, 0.6) is 0 Å². The Labute approximate surface area is 188 Å². The number of ether oxygens (including phenoxy) is 1. The fourth-order valence-corrected chi connectivity index (χ4v) is 4.62. The number of halogens is 1. The quantitative estimate of drug-likeness (QED) is 0.483. The number of carbonyl (C=O) groups is 1. The van der Waals surface area contributed by atoms with Gasteiger partial charge >= 0.3 is 5.97 Å². The SMILES string of the molecule is COC(=O)c1ccc2nc(C)n(Cc3ccc(NCCC4CCCCC4)cc3Cl)c2n1. The van der Waals surface area contributed by atoms with E-state index in [-0.39, 0.29) is 5.69 Å². The molecule has 0 amide bonds. The highest BCUT2D eigenvalue weighted by molar-refractivity contribution is 6.31. The summed E-state index contributed by atoms with van der Waals surface area (Å²) in [4.78, 5) is 20.9. The van der Waals surface area contributed by atoms with E-state index in [4.69, 9.17) is 16.3 Å². The van der Waals surface area contributed by atoms with Gasteiger partial charge in [0, 0.05) is 17.3 Å². The van der Waals surface area contributed by atoms with Gasteiger partial charge in [-0.2, -0.15) is 0 Å². The standard InChI is InChI=1S/C24H29ClN4O2/c1-16-27-21-10-11-22(24(30)31-2)28-23(21)29(16)15-18-8-9-19(14-20(18)25)26-13-12-17-6-4-3-5-7-17/h8-11,14,17,26H,3-7,12-13,15H2,1-2H3. The van der Waals surface area contributed by atoms with E-state index in [2.05, 4.69) is 21.4 Å². The maximum absolute atomic E-state index is 11.9. The van der Waals surface area contributed by atoms with Crippen LogP contribution in [-0.4, -0.2) is 34.2 Å². The summed E-state index contributed by atoms with van der Waals surface area (Å²) in [6.45, 7) is 3.43. The summed E-state index contributed by atoms with van der Waals surface area (Å²) in [5, 5.41) is 4.22. The summed E-state index contributed by atoms with van der Waals surface area (Å²) >= 11 is 6.61. The summed E-state index contributed by atoms with van der Waals surface area (Å²) in [6.07, 6.45) is 8.10. The molecule has 1 aliphatic rings. The monoisotopic (exact) mass is 440 g/mol. The van der Waals surface area contributed by atoms with E-state index in [0.29, 0.717) is 17.2 Å². The number of aromatic nitrogens is 3. The fourth-order valence-electron chi connectivity index (χ4n) is 4.37. The van der Waals surface area contributed by atoms with Crippen molar-refractivity contribution in [2.75, 3.05) is 19.0 Å². The van der Waals surface area contributed by atoms with Gasteiger partial charge in [0.05, 0.1) is 13.7 Å². The van der Waals surface area contributed by atoms with Crippen LogP contribution < -0.4 is 5.32 Å². The Balaban J connectivity index is 1.47. The van der Waals surface area contributed by atoms with E-state index in [1.165, 1.54) is 45.6 Å². The van der Waals surface area contributed by atoms with Gasteiger partial charge in [-0.1, -0.05) is 49.8 Å². The Kier molecular flexibility index (Phi) is 6.76. The highest BCUT2D eigenvalue weighted by Crippen LogP contribution is 2.27. The molecule has 0 bridgehead atoms. The maximum atomic E-state index is 11.9. The third-order valence-corrected chi connectivity index (χ3v) is 6.52. The average Bonchev–Trinajstić information content (AvgIpc) is 3.10. The van der Waals surface area contributed by atoms with Gasteiger partial charge in [-0.05, 0) is 49.1 Å². The Morgan fingerprint density at radius 1 is 1.19 bits per heavy atom. The molecule has 1 N–H and O–H groups in total. The molecule has 7 heteroatoms. The van der Waals surface area contributed by atoms with Crippen LogP contribution in [0.2, 0.25) is 5.02 Å². The van der Waals surface area contributed by atoms with Gasteiger partial charge in [0.1, 0.15) is 11.3 Å². The van der Waals surface area contributed by atoms with E-state index in [1.807, 2.05) is 23.6 Å².